The van der Waals surface area contributed by atoms with Crippen molar-refractivity contribution in [1.82, 2.24) is 5.16 Å². The van der Waals surface area contributed by atoms with Gasteiger partial charge in [0.1, 0.15) is 11.3 Å². The summed E-state index contributed by atoms with van der Waals surface area (Å²) in [5, 5.41) is 9.23. The topological polar surface area (TPSA) is 110 Å². The Morgan fingerprint density at radius 2 is 1.80 bits per heavy atom. The van der Waals surface area contributed by atoms with Crippen molar-refractivity contribution >= 4 is 35.6 Å². The molecule has 3 rings (SSSR count). The smallest absolute Gasteiger partial charge is 0.260 e. The minimum atomic E-state index is -0.287. The maximum Gasteiger partial charge on any atom is 0.260 e. The van der Waals surface area contributed by atoms with E-state index in [0.29, 0.717) is 22.7 Å². The summed E-state index contributed by atoms with van der Waals surface area (Å²) >= 11 is 0. The van der Waals surface area contributed by atoms with Crippen molar-refractivity contribution in [1.29, 1.82) is 0 Å². The number of aryl methyl sites for hydroxylation is 1. The number of nitrogens with zero attached hydrogens (tertiary/aromatic N) is 1. The number of aromatic nitrogens is 1. The van der Waals surface area contributed by atoms with Crippen molar-refractivity contribution in [3.05, 3.63) is 41.8 Å². The Morgan fingerprint density at radius 1 is 1.16 bits per heavy atom. The zero-order valence-corrected chi connectivity index (χ0v) is 14.6. The first-order chi connectivity index (χ1) is 11.5. The fraction of sp³-hybridized carbons (Fsp3) is 0.353. The third kappa shape index (κ3) is 4.58. The number of halogens is 1. The third-order valence-electron chi connectivity index (χ3n) is 4.25. The molecular weight excluding hydrogens is 344 g/mol. The van der Waals surface area contributed by atoms with Crippen LogP contribution in [0.5, 0.6) is 0 Å². The van der Waals surface area contributed by atoms with Crippen LogP contribution in [0.1, 0.15) is 35.4 Å². The van der Waals surface area contributed by atoms with Gasteiger partial charge >= 0.3 is 0 Å². The zero-order valence-electron chi connectivity index (χ0n) is 13.8. The van der Waals surface area contributed by atoms with Crippen LogP contribution < -0.4 is 16.4 Å². The van der Waals surface area contributed by atoms with Crippen molar-refractivity contribution in [2.24, 2.45) is 11.7 Å². The first-order valence-electron chi connectivity index (χ1n) is 7.92. The summed E-state index contributed by atoms with van der Waals surface area (Å²) in [4.78, 5) is 24.2. The Balaban J connectivity index is 0.00000225. The number of hydrogen-bond acceptors (Lipinski definition) is 5. The number of carbonyl (C=O) groups is 2. The quantitative estimate of drug-likeness (QED) is 0.772. The van der Waals surface area contributed by atoms with Crippen molar-refractivity contribution in [2.45, 2.75) is 32.2 Å². The van der Waals surface area contributed by atoms with Gasteiger partial charge in [-0.2, -0.15) is 0 Å². The van der Waals surface area contributed by atoms with Crippen LogP contribution in [0.25, 0.3) is 0 Å². The summed E-state index contributed by atoms with van der Waals surface area (Å²) in [6.07, 6.45) is 3.84. The molecule has 1 aromatic carbocycles. The number of amides is 2. The van der Waals surface area contributed by atoms with Crippen LogP contribution in [-0.2, 0) is 4.79 Å². The molecule has 0 bridgehead atoms. The molecule has 2 aromatic rings. The van der Waals surface area contributed by atoms with Gasteiger partial charge in [0.05, 0.1) is 6.20 Å². The van der Waals surface area contributed by atoms with E-state index in [1.165, 1.54) is 6.20 Å². The van der Waals surface area contributed by atoms with E-state index < -0.39 is 0 Å². The number of hydrogen-bond donors (Lipinski definition) is 3. The molecule has 1 fully saturated rings. The number of carbonyl (C=O) groups excluding carboxylic acids is 2. The fourth-order valence-electron chi connectivity index (χ4n) is 2.85. The van der Waals surface area contributed by atoms with Gasteiger partial charge in [-0.25, -0.2) is 0 Å². The lowest BCUT2D eigenvalue weighted by Crippen LogP contribution is -2.23. The van der Waals surface area contributed by atoms with E-state index in [4.69, 9.17) is 10.3 Å². The largest absolute Gasteiger partial charge is 0.361 e. The number of rotatable bonds is 4. The molecule has 4 N–H and O–H groups in total. The Labute approximate surface area is 151 Å². The van der Waals surface area contributed by atoms with E-state index >= 15 is 0 Å². The van der Waals surface area contributed by atoms with Gasteiger partial charge in [0.25, 0.3) is 5.91 Å². The molecule has 25 heavy (non-hydrogen) atoms. The van der Waals surface area contributed by atoms with Gasteiger partial charge in [-0.1, -0.05) is 5.16 Å². The maximum absolute atomic E-state index is 12.2. The van der Waals surface area contributed by atoms with E-state index in [9.17, 15) is 9.59 Å². The van der Waals surface area contributed by atoms with Crippen LogP contribution in [0, 0.1) is 12.8 Å². The van der Waals surface area contributed by atoms with Crippen molar-refractivity contribution in [3.63, 3.8) is 0 Å². The van der Waals surface area contributed by atoms with Gasteiger partial charge in [0.15, 0.2) is 0 Å². The van der Waals surface area contributed by atoms with Crippen molar-refractivity contribution in [2.75, 3.05) is 10.6 Å². The fourth-order valence-corrected chi connectivity index (χ4v) is 2.85. The van der Waals surface area contributed by atoms with Gasteiger partial charge in [-0.15, -0.1) is 12.4 Å². The lowest BCUT2D eigenvalue weighted by Gasteiger charge is -2.11. The van der Waals surface area contributed by atoms with E-state index in [1.54, 1.807) is 31.2 Å². The molecule has 0 radical (unpaired) electrons. The van der Waals surface area contributed by atoms with Crippen LogP contribution in [-0.4, -0.2) is 23.0 Å². The van der Waals surface area contributed by atoms with Crippen molar-refractivity contribution < 1.29 is 14.1 Å². The summed E-state index contributed by atoms with van der Waals surface area (Å²) in [5.41, 5.74) is 7.56. The number of benzene rings is 1. The average Bonchev–Trinajstić information content (AvgIpc) is 3.17. The molecule has 8 heteroatoms. The number of anilines is 2. The lowest BCUT2D eigenvalue weighted by atomic mass is 10.1. The predicted molar refractivity (Wildman–Crippen MR) is 96.8 cm³/mol. The van der Waals surface area contributed by atoms with Crippen LogP contribution >= 0.6 is 12.4 Å². The molecule has 1 aromatic heterocycles. The van der Waals surface area contributed by atoms with E-state index in [-0.39, 0.29) is 36.2 Å². The Hall–Kier alpha value is -2.38. The predicted octanol–water partition coefficient (Wildman–Crippen LogP) is 2.72. The van der Waals surface area contributed by atoms with E-state index in [0.717, 1.165) is 19.3 Å². The second-order valence-electron chi connectivity index (χ2n) is 6.09. The summed E-state index contributed by atoms with van der Waals surface area (Å²) in [6, 6.07) is 7.10. The minimum Gasteiger partial charge on any atom is -0.361 e. The minimum absolute atomic E-state index is 0. The van der Waals surface area contributed by atoms with Gasteiger partial charge in [0, 0.05) is 23.3 Å². The summed E-state index contributed by atoms with van der Waals surface area (Å²) in [6.45, 7) is 1.68. The normalized spacial score (nSPS) is 19.1. The Bertz CT molecular complexity index is 745. The van der Waals surface area contributed by atoms with Gasteiger partial charge in [-0.05, 0) is 50.5 Å². The van der Waals surface area contributed by atoms with Crippen LogP contribution in [0.15, 0.2) is 35.0 Å². The second kappa shape index (κ2) is 8.13. The first kappa shape index (κ1) is 19.0. The highest BCUT2D eigenvalue weighted by Crippen LogP contribution is 2.25. The van der Waals surface area contributed by atoms with Crippen LogP contribution in [0.4, 0.5) is 11.4 Å². The monoisotopic (exact) mass is 364 g/mol. The van der Waals surface area contributed by atoms with E-state index in [1.807, 2.05) is 0 Å². The third-order valence-corrected chi connectivity index (χ3v) is 4.25. The first-order valence-corrected chi connectivity index (χ1v) is 7.92. The molecule has 2 atom stereocenters. The Kier molecular flexibility index (Phi) is 6.17. The van der Waals surface area contributed by atoms with Gasteiger partial charge in [-0.3, -0.25) is 9.59 Å². The highest BCUT2D eigenvalue weighted by atomic mass is 35.5. The highest BCUT2D eigenvalue weighted by molar-refractivity contribution is 6.04. The van der Waals surface area contributed by atoms with Gasteiger partial charge in [0.2, 0.25) is 5.91 Å². The standard InChI is InChI=1S/C17H20N4O3.ClH/c1-10-15(9-19-24-10)17(23)21-14-6-4-13(5-7-14)20-16(22)11-2-3-12(18)8-11;/h4-7,9,11-12H,2-3,8,18H2,1H3,(H,20,22)(H,21,23);1H. The molecule has 1 saturated carbocycles. The molecule has 7 nitrogen and oxygen atoms in total. The Morgan fingerprint density at radius 3 is 2.32 bits per heavy atom. The van der Waals surface area contributed by atoms with Crippen molar-refractivity contribution in [3.8, 4) is 0 Å². The molecule has 2 amide bonds. The molecule has 0 spiro atoms. The molecule has 0 saturated heterocycles. The summed E-state index contributed by atoms with van der Waals surface area (Å²) < 4.78 is 4.88. The van der Waals surface area contributed by atoms with Crippen LogP contribution in [0.2, 0.25) is 0 Å². The molecule has 134 valence electrons. The summed E-state index contributed by atoms with van der Waals surface area (Å²) in [7, 11) is 0. The number of nitrogens with one attached hydrogen (secondary N) is 2. The maximum atomic E-state index is 12.2. The molecule has 0 aliphatic heterocycles. The average molecular weight is 365 g/mol. The van der Waals surface area contributed by atoms with Gasteiger partial charge < -0.3 is 20.9 Å². The number of nitrogens with two attached hydrogens (primary N) is 1. The molecule has 2 unspecified atom stereocenters. The highest BCUT2D eigenvalue weighted by Gasteiger charge is 2.27. The molecule has 1 aliphatic rings. The summed E-state index contributed by atoms with van der Waals surface area (Å²) in [5.74, 6) is 0.160. The van der Waals surface area contributed by atoms with E-state index in [2.05, 4.69) is 15.8 Å². The second-order valence-corrected chi connectivity index (χ2v) is 6.09. The zero-order chi connectivity index (χ0) is 17.1. The molecule has 1 aliphatic carbocycles. The molecular formula is C17H21ClN4O3. The lowest BCUT2D eigenvalue weighted by molar-refractivity contribution is -0.119. The van der Waals surface area contributed by atoms with Crippen LogP contribution in [0.3, 0.4) is 0 Å². The molecule has 1 heterocycles. The SMILES string of the molecule is Cc1oncc1C(=O)Nc1ccc(NC(=O)C2CCC(N)C2)cc1.Cl.